The van der Waals surface area contributed by atoms with E-state index in [9.17, 15) is 21.6 Å². The Kier molecular flexibility index (Phi) is 8.40. The number of hydrogen-bond acceptors (Lipinski definition) is 6. The van der Waals surface area contributed by atoms with Gasteiger partial charge in [-0.1, -0.05) is 71.8 Å². The lowest BCUT2D eigenvalue weighted by atomic mass is 10.0. The van der Waals surface area contributed by atoms with Crippen LogP contribution in [0.3, 0.4) is 0 Å². The number of methoxy groups -OCH3 is 1. The van der Waals surface area contributed by atoms with E-state index in [1.807, 2.05) is 31.2 Å². The molecule has 0 saturated carbocycles. The van der Waals surface area contributed by atoms with Crippen molar-refractivity contribution in [2.24, 2.45) is 0 Å². The molecule has 0 bridgehead atoms. The summed E-state index contributed by atoms with van der Waals surface area (Å²) in [7, 11) is -7.29. The molecule has 0 fully saturated rings. The molecule has 0 aliphatic carbocycles. The number of esters is 1. The minimum absolute atomic E-state index is 0.0837. The molecule has 41 heavy (non-hydrogen) atoms. The number of nitrogens with zero attached hydrogens (tertiary/aromatic N) is 1. The van der Waals surface area contributed by atoms with E-state index in [1.54, 1.807) is 43.3 Å². The second-order valence-corrected chi connectivity index (χ2v) is 13.8. The number of ether oxygens (including phenoxy) is 1. The van der Waals surface area contributed by atoms with Gasteiger partial charge in [-0.3, -0.25) is 0 Å². The summed E-state index contributed by atoms with van der Waals surface area (Å²) in [6.45, 7) is 8.32. The van der Waals surface area contributed by atoms with E-state index in [4.69, 9.17) is 6.11 Å². The number of carbonyl (C=O) groups is 1. The fraction of sp³-hybridized carbons (Fsp3) is 0.219. The molecular weight excluding hydrogens is 558 g/mol. The van der Waals surface area contributed by atoms with Crippen LogP contribution in [0, 0.1) is 13.8 Å². The molecule has 1 atom stereocenters. The van der Waals surface area contributed by atoms with Gasteiger partial charge in [0, 0.05) is 6.54 Å². The van der Waals surface area contributed by atoms with Gasteiger partial charge in [-0.15, -0.1) is 0 Å². The van der Waals surface area contributed by atoms with Gasteiger partial charge < -0.3 is 4.74 Å². The van der Waals surface area contributed by atoms with Crippen LogP contribution in [0.1, 0.15) is 30.5 Å². The maximum Gasteiger partial charge on any atom is 0.328 e. The molecule has 0 N–H and O–H groups in total. The van der Waals surface area contributed by atoms with E-state index in [0.29, 0.717) is 11.1 Å². The smallest absolute Gasteiger partial charge is 0.328 e. The largest absolute Gasteiger partial charge is 0.468 e. The van der Waals surface area contributed by atoms with Crippen LogP contribution in [0.2, 0.25) is 0 Å². The van der Waals surface area contributed by atoms with E-state index in [2.05, 4.69) is 6.58 Å². The highest BCUT2D eigenvalue weighted by Gasteiger charge is 2.38. The van der Waals surface area contributed by atoms with Crippen molar-refractivity contribution in [3.63, 3.8) is 0 Å². The average molecular weight is 593 g/mol. The molecule has 4 aromatic rings. The highest BCUT2D eigenvalue weighted by atomic mass is 32.2. The van der Waals surface area contributed by atoms with Crippen molar-refractivity contribution >= 4 is 36.6 Å². The lowest BCUT2D eigenvalue weighted by molar-refractivity contribution is -0.144. The van der Waals surface area contributed by atoms with Crippen LogP contribution in [0.25, 0.3) is 10.8 Å². The van der Waals surface area contributed by atoms with Gasteiger partial charge in [-0.05, 0) is 79.1 Å². The second kappa shape index (κ2) is 12.0. The zero-order chi connectivity index (χ0) is 30.9. The van der Waals surface area contributed by atoms with Crippen LogP contribution in [-0.4, -0.2) is 40.2 Å². The lowest BCUT2D eigenvalue weighted by Gasteiger charge is -2.30. The normalized spacial score (nSPS) is 13.9. The van der Waals surface area contributed by atoms with E-state index >= 15 is 0 Å². The molecule has 7 nitrogen and oxygen atoms in total. The minimum Gasteiger partial charge on any atom is -0.468 e. The van der Waals surface area contributed by atoms with Gasteiger partial charge in [0.2, 0.25) is 10.0 Å². The molecule has 0 aromatic heterocycles. The molecular formula is C32H33NO6S2. The van der Waals surface area contributed by atoms with Gasteiger partial charge in [0.15, 0.2) is 9.84 Å². The highest BCUT2D eigenvalue weighted by Crippen LogP contribution is 2.30. The van der Waals surface area contributed by atoms with Crippen LogP contribution in [0.15, 0.2) is 107 Å². The van der Waals surface area contributed by atoms with Crippen molar-refractivity contribution < 1.29 is 27.7 Å². The SMILES string of the molecule is [2H]C(C(=C)C)(C(=O)OC)N(Cc1cc2ccccc2cc1CS(=O)(=O)c1ccc(C)cc1)S(=O)(=O)c1ccc(C)cc1. The fourth-order valence-corrected chi connectivity index (χ4v) is 7.42. The number of fused-ring (bicyclic) bond motifs is 1. The number of sulfonamides is 1. The van der Waals surface area contributed by atoms with Crippen molar-refractivity contribution in [1.29, 1.82) is 0 Å². The first-order valence-electron chi connectivity index (χ1n) is 13.3. The first kappa shape index (κ1) is 28.7. The lowest BCUT2D eigenvalue weighted by Crippen LogP contribution is -2.45. The number of sulfone groups is 1. The van der Waals surface area contributed by atoms with Crippen molar-refractivity contribution in [1.82, 2.24) is 4.31 Å². The third-order valence-electron chi connectivity index (χ3n) is 6.75. The zero-order valence-corrected chi connectivity index (χ0v) is 25.1. The summed E-state index contributed by atoms with van der Waals surface area (Å²) in [5.41, 5.74) is 2.31. The Morgan fingerprint density at radius 1 is 0.854 bits per heavy atom. The second-order valence-electron chi connectivity index (χ2n) is 9.99. The van der Waals surface area contributed by atoms with Crippen LogP contribution in [0.4, 0.5) is 0 Å². The molecule has 0 heterocycles. The summed E-state index contributed by atoms with van der Waals surface area (Å²) in [5.74, 6) is -1.56. The van der Waals surface area contributed by atoms with E-state index in [-0.39, 0.29) is 15.4 Å². The van der Waals surface area contributed by atoms with Crippen molar-refractivity contribution in [2.75, 3.05) is 7.11 Å². The molecule has 0 saturated heterocycles. The van der Waals surface area contributed by atoms with Gasteiger partial charge in [0.05, 0.1) is 24.0 Å². The number of aryl methyl sites for hydroxylation is 2. The van der Waals surface area contributed by atoms with E-state index < -0.39 is 44.1 Å². The Balaban J connectivity index is 1.94. The van der Waals surface area contributed by atoms with Crippen LogP contribution < -0.4 is 0 Å². The molecule has 1 unspecified atom stereocenters. The Hall–Kier alpha value is -3.79. The first-order chi connectivity index (χ1) is 19.7. The van der Waals surface area contributed by atoms with Crippen molar-refractivity contribution in [3.8, 4) is 0 Å². The molecule has 214 valence electrons. The molecule has 0 aliphatic rings. The Bertz CT molecular complexity index is 1870. The molecule has 0 aliphatic heterocycles. The van der Waals surface area contributed by atoms with Crippen molar-refractivity contribution in [2.45, 2.75) is 48.9 Å². The van der Waals surface area contributed by atoms with Gasteiger partial charge >= 0.3 is 5.97 Å². The third-order valence-corrected chi connectivity index (χ3v) is 10.2. The highest BCUT2D eigenvalue weighted by molar-refractivity contribution is 7.90. The van der Waals surface area contributed by atoms with Crippen LogP contribution in [-0.2, 0) is 41.7 Å². The van der Waals surface area contributed by atoms with Gasteiger partial charge in [0.1, 0.15) is 6.02 Å². The molecule has 0 radical (unpaired) electrons. The van der Waals surface area contributed by atoms with E-state index in [0.717, 1.165) is 33.3 Å². The Morgan fingerprint density at radius 3 is 1.83 bits per heavy atom. The Morgan fingerprint density at radius 2 is 1.34 bits per heavy atom. The number of carbonyl (C=O) groups excluding carboxylic acids is 1. The zero-order valence-electron chi connectivity index (χ0n) is 24.4. The average Bonchev–Trinajstić information content (AvgIpc) is 2.95. The number of hydrogen-bond donors (Lipinski definition) is 0. The predicted octanol–water partition coefficient (Wildman–Crippen LogP) is 5.74. The quantitative estimate of drug-likeness (QED) is 0.172. The third kappa shape index (κ3) is 6.59. The summed E-state index contributed by atoms with van der Waals surface area (Å²) >= 11 is 0. The van der Waals surface area contributed by atoms with Gasteiger partial charge in [0.25, 0.3) is 0 Å². The summed E-state index contributed by atoms with van der Waals surface area (Å²) < 4.78 is 70.2. The monoisotopic (exact) mass is 592 g/mol. The maximum absolute atomic E-state index is 14.2. The van der Waals surface area contributed by atoms with E-state index in [1.165, 1.54) is 31.2 Å². The Labute approximate surface area is 243 Å². The number of rotatable bonds is 10. The molecule has 4 aromatic carbocycles. The van der Waals surface area contributed by atoms with Gasteiger partial charge in [-0.25, -0.2) is 21.6 Å². The summed E-state index contributed by atoms with van der Waals surface area (Å²) in [5, 5.41) is 1.49. The molecule has 0 amide bonds. The summed E-state index contributed by atoms with van der Waals surface area (Å²) in [4.78, 5) is 13.1. The fourth-order valence-electron chi connectivity index (χ4n) is 4.51. The van der Waals surface area contributed by atoms with Crippen molar-refractivity contribution in [3.05, 3.63) is 119 Å². The van der Waals surface area contributed by atoms with Crippen LogP contribution in [0.5, 0.6) is 0 Å². The van der Waals surface area contributed by atoms with Crippen LogP contribution >= 0.6 is 0 Å². The molecule has 9 heteroatoms. The maximum atomic E-state index is 14.2. The topological polar surface area (TPSA) is 97.8 Å². The minimum atomic E-state index is -4.51. The molecule has 4 rings (SSSR count). The standard InChI is InChI=1S/C32H33NO6S2/c1-22(2)31(32(34)39-5)33(41(37,38)30-16-12-24(4)13-17-30)20-27-18-25-8-6-7-9-26(25)19-28(27)21-40(35,36)29-14-10-23(3)11-15-29/h6-19,31H,1,20-21H2,2-5H3/i31D. The number of benzene rings is 4. The summed E-state index contributed by atoms with van der Waals surface area (Å²) in [6, 6.07) is 20.7. The first-order valence-corrected chi connectivity index (χ1v) is 15.9. The predicted molar refractivity (Wildman–Crippen MR) is 161 cm³/mol. The molecule has 0 spiro atoms. The summed E-state index contributed by atoms with van der Waals surface area (Å²) in [6.07, 6.45) is 0. The van der Waals surface area contributed by atoms with Gasteiger partial charge in [-0.2, -0.15) is 4.31 Å².